The highest BCUT2D eigenvalue weighted by Gasteiger charge is 2.41. The zero-order chi connectivity index (χ0) is 22.0. The summed E-state index contributed by atoms with van der Waals surface area (Å²) in [6.07, 6.45) is -0.386. The van der Waals surface area contributed by atoms with Crippen molar-refractivity contribution in [1.82, 2.24) is 4.90 Å². The van der Waals surface area contributed by atoms with Crippen LogP contribution in [0.15, 0.2) is 42.5 Å². The number of imide groups is 1. The highest BCUT2D eigenvalue weighted by atomic mass is 16.5. The third-order valence-corrected chi connectivity index (χ3v) is 4.61. The van der Waals surface area contributed by atoms with Crippen molar-refractivity contribution < 1.29 is 23.9 Å². The van der Waals surface area contributed by atoms with Crippen LogP contribution in [0.3, 0.4) is 0 Å². The summed E-state index contributed by atoms with van der Waals surface area (Å²) in [6, 6.07) is 10.9. The van der Waals surface area contributed by atoms with E-state index in [0.29, 0.717) is 28.2 Å². The number of nitrogens with two attached hydrogens (primary N) is 1. The minimum atomic E-state index is -0.850. The molecule has 158 valence electrons. The van der Waals surface area contributed by atoms with Gasteiger partial charge in [0.1, 0.15) is 0 Å². The molecule has 2 aromatic carbocycles. The Morgan fingerprint density at radius 1 is 0.900 bits per heavy atom. The van der Waals surface area contributed by atoms with Crippen molar-refractivity contribution in [3.8, 4) is 11.5 Å². The Hall–Kier alpha value is -3.35. The Morgan fingerprint density at radius 3 is 1.93 bits per heavy atom. The van der Waals surface area contributed by atoms with Gasteiger partial charge in [-0.05, 0) is 57.5 Å². The van der Waals surface area contributed by atoms with Crippen molar-refractivity contribution in [2.24, 2.45) is 5.73 Å². The largest absolute Gasteiger partial charge is 0.487 e. The number of carbonyl (C=O) groups is 3. The summed E-state index contributed by atoms with van der Waals surface area (Å²) in [6.45, 7) is 7.58. The molecular weight excluding hydrogens is 384 g/mol. The average molecular weight is 410 g/mol. The molecule has 0 bridgehead atoms. The lowest BCUT2D eigenvalue weighted by atomic mass is 10.0. The molecule has 1 aliphatic heterocycles. The lowest BCUT2D eigenvalue weighted by Crippen LogP contribution is -2.36. The van der Waals surface area contributed by atoms with Gasteiger partial charge in [0.15, 0.2) is 11.5 Å². The minimum absolute atomic E-state index is 0.0667. The van der Waals surface area contributed by atoms with E-state index in [0.717, 1.165) is 4.90 Å². The quantitative estimate of drug-likeness (QED) is 0.672. The van der Waals surface area contributed by atoms with Gasteiger partial charge in [-0.3, -0.25) is 19.3 Å². The Morgan fingerprint density at radius 2 is 1.43 bits per heavy atom. The number of rotatable bonds is 8. The molecule has 1 aliphatic rings. The van der Waals surface area contributed by atoms with Gasteiger partial charge in [-0.2, -0.15) is 0 Å². The zero-order valence-corrected chi connectivity index (χ0v) is 17.5. The fraction of sp³-hybridized carbons (Fsp3) is 0.348. The predicted octanol–water partition coefficient (Wildman–Crippen LogP) is 3.47. The van der Waals surface area contributed by atoms with E-state index in [9.17, 15) is 14.4 Å². The predicted molar refractivity (Wildman–Crippen MR) is 111 cm³/mol. The Kier molecular flexibility index (Phi) is 6.10. The van der Waals surface area contributed by atoms with E-state index < -0.39 is 23.8 Å². The molecule has 1 unspecified atom stereocenters. The maximum absolute atomic E-state index is 13.0. The molecule has 1 heterocycles. The van der Waals surface area contributed by atoms with Gasteiger partial charge in [-0.15, -0.1) is 0 Å². The smallest absolute Gasteiger partial charge is 0.262 e. The lowest BCUT2D eigenvalue weighted by Gasteiger charge is -2.27. The fourth-order valence-electron chi connectivity index (χ4n) is 3.47. The second-order valence-electron chi connectivity index (χ2n) is 7.75. The van der Waals surface area contributed by atoms with E-state index in [-0.39, 0.29) is 18.6 Å². The summed E-state index contributed by atoms with van der Waals surface area (Å²) < 4.78 is 11.7. The summed E-state index contributed by atoms with van der Waals surface area (Å²) in [5.41, 5.74) is 6.66. The monoisotopic (exact) mass is 410 g/mol. The standard InChI is InChI=1S/C23H26N2O5/c1-13(2)29-19-10-9-15(11-20(19)30-14(3)4)18(12-21(24)26)25-22(27)16-7-5-6-8-17(16)23(25)28/h5-11,13-14,18H,12H2,1-4H3,(H2,24,26). The van der Waals surface area contributed by atoms with Crippen molar-refractivity contribution >= 4 is 17.7 Å². The number of primary amides is 1. The molecule has 0 spiro atoms. The third-order valence-electron chi connectivity index (χ3n) is 4.61. The topological polar surface area (TPSA) is 98.9 Å². The first-order valence-corrected chi connectivity index (χ1v) is 9.91. The molecule has 2 N–H and O–H groups in total. The van der Waals surface area contributed by atoms with Crippen LogP contribution >= 0.6 is 0 Å². The van der Waals surface area contributed by atoms with Crippen LogP contribution in [0.1, 0.15) is 66.4 Å². The van der Waals surface area contributed by atoms with Crippen molar-refractivity contribution in [3.05, 3.63) is 59.2 Å². The van der Waals surface area contributed by atoms with Gasteiger partial charge in [0, 0.05) is 0 Å². The van der Waals surface area contributed by atoms with Gasteiger partial charge in [-0.1, -0.05) is 18.2 Å². The van der Waals surface area contributed by atoms with Gasteiger partial charge >= 0.3 is 0 Å². The van der Waals surface area contributed by atoms with Crippen LogP contribution in [-0.4, -0.2) is 34.8 Å². The van der Waals surface area contributed by atoms with Gasteiger partial charge in [0.25, 0.3) is 11.8 Å². The molecule has 7 heteroatoms. The van der Waals surface area contributed by atoms with Crippen molar-refractivity contribution in [2.75, 3.05) is 0 Å². The number of hydrogen-bond acceptors (Lipinski definition) is 5. The fourth-order valence-corrected chi connectivity index (χ4v) is 3.47. The number of amides is 3. The maximum atomic E-state index is 13.0. The highest BCUT2D eigenvalue weighted by molar-refractivity contribution is 6.21. The van der Waals surface area contributed by atoms with Crippen molar-refractivity contribution in [3.63, 3.8) is 0 Å². The molecule has 0 aromatic heterocycles. The second-order valence-corrected chi connectivity index (χ2v) is 7.75. The minimum Gasteiger partial charge on any atom is -0.487 e. The van der Waals surface area contributed by atoms with Gasteiger partial charge in [0.2, 0.25) is 5.91 Å². The summed E-state index contributed by atoms with van der Waals surface area (Å²) in [5, 5.41) is 0. The van der Waals surface area contributed by atoms with Crippen LogP contribution in [0, 0.1) is 0 Å². The summed E-state index contributed by atoms with van der Waals surface area (Å²) in [4.78, 5) is 38.9. The van der Waals surface area contributed by atoms with E-state index in [1.165, 1.54) is 0 Å². The second kappa shape index (κ2) is 8.57. The first kappa shape index (κ1) is 21.4. The van der Waals surface area contributed by atoms with E-state index in [1.807, 2.05) is 27.7 Å². The third kappa shape index (κ3) is 4.30. The molecule has 0 saturated carbocycles. The van der Waals surface area contributed by atoms with Crippen molar-refractivity contribution in [2.45, 2.75) is 52.4 Å². The molecule has 0 fully saturated rings. The van der Waals surface area contributed by atoms with Gasteiger partial charge in [-0.25, -0.2) is 0 Å². The number of ether oxygens (including phenoxy) is 2. The Labute approximate surface area is 175 Å². The molecule has 7 nitrogen and oxygen atoms in total. The van der Waals surface area contributed by atoms with Crippen LogP contribution in [0.25, 0.3) is 0 Å². The van der Waals surface area contributed by atoms with Crippen LogP contribution in [0.2, 0.25) is 0 Å². The molecular formula is C23H26N2O5. The molecule has 0 saturated heterocycles. The summed E-state index contributed by atoms with van der Waals surface area (Å²) >= 11 is 0. The van der Waals surface area contributed by atoms with Crippen LogP contribution in [-0.2, 0) is 4.79 Å². The Bertz CT molecular complexity index is 948. The van der Waals surface area contributed by atoms with E-state index in [2.05, 4.69) is 0 Å². The summed E-state index contributed by atoms with van der Waals surface area (Å²) in [5.74, 6) is -0.498. The molecule has 2 aromatic rings. The van der Waals surface area contributed by atoms with Crippen LogP contribution in [0.5, 0.6) is 11.5 Å². The van der Waals surface area contributed by atoms with Crippen LogP contribution in [0.4, 0.5) is 0 Å². The van der Waals surface area contributed by atoms with Crippen molar-refractivity contribution in [1.29, 1.82) is 0 Å². The molecule has 30 heavy (non-hydrogen) atoms. The molecule has 1 atom stereocenters. The van der Waals surface area contributed by atoms with E-state index in [1.54, 1.807) is 42.5 Å². The van der Waals surface area contributed by atoms with Gasteiger partial charge < -0.3 is 15.2 Å². The summed E-state index contributed by atoms with van der Waals surface area (Å²) in [7, 11) is 0. The molecule has 0 aliphatic carbocycles. The average Bonchev–Trinajstić information content (AvgIpc) is 2.91. The highest BCUT2D eigenvalue weighted by Crippen LogP contribution is 2.38. The Balaban J connectivity index is 2.05. The molecule has 3 amide bonds. The number of hydrogen-bond donors (Lipinski definition) is 1. The maximum Gasteiger partial charge on any atom is 0.262 e. The van der Waals surface area contributed by atoms with E-state index in [4.69, 9.17) is 15.2 Å². The number of carbonyl (C=O) groups excluding carboxylic acids is 3. The lowest BCUT2D eigenvalue weighted by molar-refractivity contribution is -0.118. The van der Waals surface area contributed by atoms with Crippen LogP contribution < -0.4 is 15.2 Å². The normalized spacial score (nSPS) is 14.3. The van der Waals surface area contributed by atoms with E-state index >= 15 is 0 Å². The number of benzene rings is 2. The van der Waals surface area contributed by atoms with Gasteiger partial charge in [0.05, 0.1) is 35.8 Å². The molecule has 3 rings (SSSR count). The number of nitrogens with zero attached hydrogens (tertiary/aromatic N) is 1. The number of fused-ring (bicyclic) bond motifs is 1. The molecule has 0 radical (unpaired) electrons. The SMILES string of the molecule is CC(C)Oc1ccc(C(CC(N)=O)N2C(=O)c3ccccc3C2=O)cc1OC(C)C. The first-order valence-electron chi connectivity index (χ1n) is 9.91. The zero-order valence-electron chi connectivity index (χ0n) is 17.5. The first-order chi connectivity index (χ1) is 14.2.